The SMILES string of the molecule is OCC#CC1C2C=CC(C2)C1c1ccccc1. The lowest BCUT2D eigenvalue weighted by molar-refractivity contribution is 0.350. The van der Waals surface area contributed by atoms with E-state index in [1.165, 1.54) is 12.0 Å². The number of aliphatic hydroxyl groups excluding tert-OH is 1. The second kappa shape index (κ2) is 4.39. The molecule has 2 aliphatic rings. The van der Waals surface area contributed by atoms with E-state index in [0.717, 1.165) is 0 Å². The number of rotatable bonds is 1. The van der Waals surface area contributed by atoms with E-state index in [-0.39, 0.29) is 6.61 Å². The van der Waals surface area contributed by atoms with Gasteiger partial charge in [0.2, 0.25) is 0 Å². The average molecular weight is 224 g/mol. The molecule has 0 saturated heterocycles. The molecule has 4 unspecified atom stereocenters. The van der Waals surface area contributed by atoms with E-state index in [2.05, 4.69) is 54.3 Å². The van der Waals surface area contributed by atoms with Gasteiger partial charge in [0.05, 0.1) is 0 Å². The summed E-state index contributed by atoms with van der Waals surface area (Å²) >= 11 is 0. The van der Waals surface area contributed by atoms with Gasteiger partial charge in [-0.3, -0.25) is 0 Å². The van der Waals surface area contributed by atoms with Crippen molar-refractivity contribution in [2.24, 2.45) is 17.8 Å². The van der Waals surface area contributed by atoms with E-state index < -0.39 is 0 Å². The smallest absolute Gasteiger partial charge is 0.104 e. The molecule has 1 heteroatoms. The zero-order valence-corrected chi connectivity index (χ0v) is 9.71. The topological polar surface area (TPSA) is 20.2 Å². The summed E-state index contributed by atoms with van der Waals surface area (Å²) in [5.74, 6) is 8.24. The lowest BCUT2D eigenvalue weighted by Crippen LogP contribution is -2.16. The minimum Gasteiger partial charge on any atom is -0.384 e. The van der Waals surface area contributed by atoms with Gasteiger partial charge in [-0.2, -0.15) is 0 Å². The molecule has 1 N–H and O–H groups in total. The van der Waals surface area contributed by atoms with Crippen LogP contribution in [0.3, 0.4) is 0 Å². The Kier molecular flexibility index (Phi) is 2.74. The first-order chi connectivity index (χ1) is 8.40. The molecule has 1 fully saturated rings. The van der Waals surface area contributed by atoms with Gasteiger partial charge in [0.25, 0.3) is 0 Å². The Morgan fingerprint density at radius 3 is 2.65 bits per heavy atom. The minimum absolute atomic E-state index is 0.0287. The Balaban J connectivity index is 1.94. The summed E-state index contributed by atoms with van der Waals surface area (Å²) in [6, 6.07) is 10.7. The highest BCUT2D eigenvalue weighted by Crippen LogP contribution is 2.52. The van der Waals surface area contributed by atoms with Crippen LogP contribution in [0, 0.1) is 29.6 Å². The van der Waals surface area contributed by atoms with Gasteiger partial charge in [-0.1, -0.05) is 54.3 Å². The van der Waals surface area contributed by atoms with Gasteiger partial charge >= 0.3 is 0 Å². The van der Waals surface area contributed by atoms with Crippen molar-refractivity contribution in [3.05, 3.63) is 48.0 Å². The van der Waals surface area contributed by atoms with Crippen LogP contribution in [0.2, 0.25) is 0 Å². The Morgan fingerprint density at radius 1 is 1.12 bits per heavy atom. The van der Waals surface area contributed by atoms with E-state index in [0.29, 0.717) is 23.7 Å². The van der Waals surface area contributed by atoms with Gasteiger partial charge in [0, 0.05) is 11.8 Å². The second-order valence-corrected chi connectivity index (χ2v) is 4.89. The fraction of sp³-hybridized carbons (Fsp3) is 0.375. The van der Waals surface area contributed by atoms with Gasteiger partial charge in [0.1, 0.15) is 6.61 Å². The molecule has 0 heterocycles. The summed E-state index contributed by atoms with van der Waals surface area (Å²) in [6.45, 7) is -0.0287. The largest absolute Gasteiger partial charge is 0.384 e. The van der Waals surface area contributed by atoms with Crippen molar-refractivity contribution in [1.29, 1.82) is 0 Å². The molecule has 2 bridgehead atoms. The van der Waals surface area contributed by atoms with Gasteiger partial charge in [-0.15, -0.1) is 0 Å². The van der Waals surface area contributed by atoms with Crippen molar-refractivity contribution >= 4 is 0 Å². The summed E-state index contributed by atoms with van der Waals surface area (Å²) in [7, 11) is 0. The van der Waals surface area contributed by atoms with Crippen LogP contribution in [0.25, 0.3) is 0 Å². The third-order valence-corrected chi connectivity index (χ3v) is 3.99. The summed E-state index contributed by atoms with van der Waals surface area (Å²) in [5.41, 5.74) is 1.39. The number of aliphatic hydroxyl groups is 1. The van der Waals surface area contributed by atoms with E-state index in [1.54, 1.807) is 0 Å². The summed E-state index contributed by atoms with van der Waals surface area (Å²) in [5, 5.41) is 8.86. The molecule has 17 heavy (non-hydrogen) atoms. The quantitative estimate of drug-likeness (QED) is 0.574. The molecule has 1 nitrogen and oxygen atoms in total. The minimum atomic E-state index is -0.0287. The zero-order valence-electron chi connectivity index (χ0n) is 9.71. The monoisotopic (exact) mass is 224 g/mol. The predicted molar refractivity (Wildman–Crippen MR) is 68.3 cm³/mol. The molecule has 4 atom stereocenters. The average Bonchev–Trinajstić information content (AvgIpc) is 2.97. The molecule has 0 aliphatic heterocycles. The van der Waals surface area contributed by atoms with Crippen LogP contribution in [0.5, 0.6) is 0 Å². The maximum atomic E-state index is 8.86. The van der Waals surface area contributed by atoms with Gasteiger partial charge in [-0.25, -0.2) is 0 Å². The molecule has 86 valence electrons. The first-order valence-corrected chi connectivity index (χ1v) is 6.22. The van der Waals surface area contributed by atoms with Crippen molar-refractivity contribution in [2.75, 3.05) is 6.61 Å². The maximum Gasteiger partial charge on any atom is 0.104 e. The predicted octanol–water partition coefficient (Wildman–Crippen LogP) is 2.59. The number of benzene rings is 1. The third kappa shape index (κ3) is 1.79. The molecule has 0 spiro atoms. The van der Waals surface area contributed by atoms with E-state index in [1.807, 2.05) is 0 Å². The molecule has 1 saturated carbocycles. The van der Waals surface area contributed by atoms with Crippen LogP contribution in [0.4, 0.5) is 0 Å². The summed E-state index contributed by atoms with van der Waals surface area (Å²) in [6.07, 6.45) is 5.88. The van der Waals surface area contributed by atoms with Crippen molar-refractivity contribution < 1.29 is 5.11 Å². The normalized spacial score (nSPS) is 33.5. The third-order valence-electron chi connectivity index (χ3n) is 3.99. The molecular formula is C16H16O. The summed E-state index contributed by atoms with van der Waals surface area (Å²) in [4.78, 5) is 0. The molecule has 1 aromatic carbocycles. The van der Waals surface area contributed by atoms with Crippen LogP contribution in [0.15, 0.2) is 42.5 Å². The fourth-order valence-electron chi connectivity index (χ4n) is 3.31. The molecule has 0 amide bonds. The molecule has 2 aliphatic carbocycles. The maximum absolute atomic E-state index is 8.86. The summed E-state index contributed by atoms with van der Waals surface area (Å²) < 4.78 is 0. The Bertz CT molecular complexity index is 477. The highest BCUT2D eigenvalue weighted by atomic mass is 16.2. The first kappa shape index (κ1) is 10.6. The molecule has 0 aromatic heterocycles. The first-order valence-electron chi connectivity index (χ1n) is 6.22. The van der Waals surface area contributed by atoms with Crippen molar-refractivity contribution in [2.45, 2.75) is 12.3 Å². The number of fused-ring (bicyclic) bond motifs is 2. The highest BCUT2D eigenvalue weighted by molar-refractivity contribution is 5.33. The number of hydrogen-bond acceptors (Lipinski definition) is 1. The van der Waals surface area contributed by atoms with Crippen molar-refractivity contribution in [1.82, 2.24) is 0 Å². The van der Waals surface area contributed by atoms with Crippen LogP contribution < -0.4 is 0 Å². The van der Waals surface area contributed by atoms with Crippen molar-refractivity contribution in [3.8, 4) is 11.8 Å². The van der Waals surface area contributed by atoms with Crippen LogP contribution in [-0.2, 0) is 0 Å². The second-order valence-electron chi connectivity index (χ2n) is 4.89. The molecule has 0 radical (unpaired) electrons. The van der Waals surface area contributed by atoms with Gasteiger partial charge < -0.3 is 5.11 Å². The number of allylic oxidation sites excluding steroid dienone is 2. The van der Waals surface area contributed by atoms with Crippen LogP contribution in [0.1, 0.15) is 17.9 Å². The van der Waals surface area contributed by atoms with E-state index in [9.17, 15) is 0 Å². The number of hydrogen-bond donors (Lipinski definition) is 1. The molecule has 1 aromatic rings. The lowest BCUT2D eigenvalue weighted by Gasteiger charge is -2.24. The Morgan fingerprint density at radius 2 is 1.88 bits per heavy atom. The van der Waals surface area contributed by atoms with Crippen LogP contribution in [-0.4, -0.2) is 11.7 Å². The van der Waals surface area contributed by atoms with E-state index >= 15 is 0 Å². The zero-order chi connectivity index (χ0) is 11.7. The fourth-order valence-corrected chi connectivity index (χ4v) is 3.31. The highest BCUT2D eigenvalue weighted by Gasteiger charge is 2.44. The van der Waals surface area contributed by atoms with Crippen molar-refractivity contribution in [3.63, 3.8) is 0 Å². The Hall–Kier alpha value is -1.52. The standard InChI is InChI=1S/C16H16O/c17-10-4-7-15-13-8-9-14(11-13)16(15)12-5-2-1-3-6-12/h1-3,5-6,8-9,13-17H,10-11H2. The Labute approximate surface area is 102 Å². The van der Waals surface area contributed by atoms with Gasteiger partial charge in [0.15, 0.2) is 0 Å². The van der Waals surface area contributed by atoms with Gasteiger partial charge in [-0.05, 0) is 23.8 Å². The molecule has 3 rings (SSSR count). The van der Waals surface area contributed by atoms with Crippen LogP contribution >= 0.6 is 0 Å². The van der Waals surface area contributed by atoms with E-state index in [4.69, 9.17) is 5.11 Å². The molecular weight excluding hydrogens is 208 g/mol. The lowest BCUT2D eigenvalue weighted by atomic mass is 9.79.